The van der Waals surface area contributed by atoms with Gasteiger partial charge in [0.2, 0.25) is 0 Å². The van der Waals surface area contributed by atoms with Crippen molar-refractivity contribution in [2.24, 2.45) is 0 Å². The molecule has 0 amide bonds. The zero-order chi connectivity index (χ0) is 25.5. The third kappa shape index (κ3) is 4.45. The van der Waals surface area contributed by atoms with E-state index >= 15 is 4.39 Å². The SMILES string of the molecule is CCc1cc(O)ccc1-c1ccc2c(-c3nc(C4=CCN(C5CCC(O)CC5)CC4)c[nH]3)n[nH]c2c1F. The number of fused-ring (bicyclic) bond motifs is 1. The lowest BCUT2D eigenvalue weighted by molar-refractivity contribution is 0.0783. The van der Waals surface area contributed by atoms with Gasteiger partial charge in [-0.1, -0.05) is 25.1 Å². The first-order chi connectivity index (χ1) is 18.0. The van der Waals surface area contributed by atoms with E-state index < -0.39 is 0 Å². The van der Waals surface area contributed by atoms with Gasteiger partial charge in [-0.3, -0.25) is 10.00 Å². The zero-order valence-electron chi connectivity index (χ0n) is 21.0. The van der Waals surface area contributed by atoms with Crippen molar-refractivity contribution in [3.05, 3.63) is 59.7 Å². The summed E-state index contributed by atoms with van der Waals surface area (Å²) in [5, 5.41) is 27.6. The van der Waals surface area contributed by atoms with Gasteiger partial charge >= 0.3 is 0 Å². The summed E-state index contributed by atoms with van der Waals surface area (Å²) in [6.07, 6.45) is 9.56. The van der Waals surface area contributed by atoms with Crippen LogP contribution in [0, 0.1) is 5.82 Å². The van der Waals surface area contributed by atoms with Gasteiger partial charge in [0.25, 0.3) is 0 Å². The highest BCUT2D eigenvalue weighted by Gasteiger charge is 2.27. The summed E-state index contributed by atoms with van der Waals surface area (Å²) < 4.78 is 15.6. The number of H-pyrrole nitrogens is 2. The van der Waals surface area contributed by atoms with E-state index in [0.29, 0.717) is 40.4 Å². The number of imidazole rings is 1. The van der Waals surface area contributed by atoms with Crippen molar-refractivity contribution in [3.8, 4) is 28.4 Å². The van der Waals surface area contributed by atoms with Gasteiger partial charge in [-0.25, -0.2) is 9.37 Å². The molecule has 2 aromatic heterocycles. The summed E-state index contributed by atoms with van der Waals surface area (Å²) in [4.78, 5) is 10.6. The predicted molar refractivity (Wildman–Crippen MR) is 143 cm³/mol. The Balaban J connectivity index is 1.24. The lowest BCUT2D eigenvalue weighted by atomic mass is 9.91. The van der Waals surface area contributed by atoms with Crippen LogP contribution < -0.4 is 0 Å². The number of aromatic hydroxyl groups is 1. The number of nitrogens with zero attached hydrogens (tertiary/aromatic N) is 3. The van der Waals surface area contributed by atoms with Crippen molar-refractivity contribution in [2.45, 2.75) is 57.6 Å². The van der Waals surface area contributed by atoms with E-state index in [2.05, 4.69) is 26.2 Å². The first-order valence-corrected chi connectivity index (χ1v) is 13.2. The maximum absolute atomic E-state index is 15.6. The molecular formula is C29H32FN5O2. The molecule has 4 aromatic rings. The summed E-state index contributed by atoms with van der Waals surface area (Å²) in [6.45, 7) is 3.87. The maximum Gasteiger partial charge on any atom is 0.159 e. The number of aliphatic hydroxyl groups is 1. The Morgan fingerprint density at radius 2 is 1.92 bits per heavy atom. The molecule has 1 saturated carbocycles. The molecule has 0 atom stereocenters. The third-order valence-electron chi connectivity index (χ3n) is 7.99. The van der Waals surface area contributed by atoms with Crippen LogP contribution in [0.3, 0.4) is 0 Å². The van der Waals surface area contributed by atoms with Crippen LogP contribution in [0.15, 0.2) is 42.6 Å². The van der Waals surface area contributed by atoms with Crippen LogP contribution in [0.25, 0.3) is 39.1 Å². The highest BCUT2D eigenvalue weighted by atomic mass is 19.1. The monoisotopic (exact) mass is 501 g/mol. The number of aromatic nitrogens is 4. The van der Waals surface area contributed by atoms with E-state index in [9.17, 15) is 10.2 Å². The second kappa shape index (κ2) is 9.76. The van der Waals surface area contributed by atoms with Crippen LogP contribution in [-0.2, 0) is 6.42 Å². The number of aromatic amines is 2. The first kappa shape index (κ1) is 23.9. The van der Waals surface area contributed by atoms with Crippen molar-refractivity contribution < 1.29 is 14.6 Å². The topological polar surface area (TPSA) is 101 Å². The van der Waals surface area contributed by atoms with Gasteiger partial charge in [0, 0.05) is 36.3 Å². The largest absolute Gasteiger partial charge is 0.508 e. The fourth-order valence-corrected chi connectivity index (χ4v) is 5.86. The van der Waals surface area contributed by atoms with Gasteiger partial charge in [-0.05, 0) is 73.4 Å². The highest BCUT2D eigenvalue weighted by Crippen LogP contribution is 2.35. The lowest BCUT2D eigenvalue weighted by Crippen LogP contribution is -2.41. The number of benzene rings is 2. The van der Waals surface area contributed by atoms with E-state index in [0.717, 1.165) is 62.0 Å². The van der Waals surface area contributed by atoms with Gasteiger partial charge in [-0.15, -0.1) is 0 Å². The van der Waals surface area contributed by atoms with Crippen LogP contribution in [0.5, 0.6) is 5.75 Å². The van der Waals surface area contributed by atoms with Gasteiger partial charge < -0.3 is 15.2 Å². The first-order valence-electron chi connectivity index (χ1n) is 13.2. The number of nitrogens with one attached hydrogen (secondary N) is 2. The average molecular weight is 502 g/mol. The second-order valence-corrected chi connectivity index (χ2v) is 10.2. The molecule has 0 radical (unpaired) electrons. The molecule has 1 fully saturated rings. The molecule has 2 aromatic carbocycles. The van der Waals surface area contributed by atoms with Crippen LogP contribution >= 0.6 is 0 Å². The van der Waals surface area contributed by atoms with Gasteiger partial charge in [0.05, 0.1) is 11.8 Å². The molecule has 4 N–H and O–H groups in total. The Hall–Kier alpha value is -3.49. The lowest BCUT2D eigenvalue weighted by Gasteiger charge is -2.37. The number of phenolic OH excluding ortho intramolecular Hbond substituents is 1. The van der Waals surface area contributed by atoms with Crippen molar-refractivity contribution >= 4 is 16.5 Å². The van der Waals surface area contributed by atoms with E-state index in [4.69, 9.17) is 4.98 Å². The van der Waals surface area contributed by atoms with Crippen LogP contribution in [0.2, 0.25) is 0 Å². The van der Waals surface area contributed by atoms with Crippen LogP contribution in [0.4, 0.5) is 4.39 Å². The van der Waals surface area contributed by atoms with Gasteiger partial charge in [-0.2, -0.15) is 5.10 Å². The van der Waals surface area contributed by atoms with E-state index in [1.54, 1.807) is 24.3 Å². The number of aryl methyl sites for hydroxylation is 1. The third-order valence-corrected chi connectivity index (χ3v) is 7.99. The normalized spacial score (nSPS) is 20.9. The second-order valence-electron chi connectivity index (χ2n) is 10.2. The molecule has 1 aliphatic heterocycles. The molecule has 192 valence electrons. The molecule has 0 unspecified atom stereocenters. The average Bonchev–Trinajstić information content (AvgIpc) is 3.58. The predicted octanol–water partition coefficient (Wildman–Crippen LogP) is 5.42. The number of aliphatic hydroxyl groups excluding tert-OH is 1. The highest BCUT2D eigenvalue weighted by molar-refractivity contribution is 5.94. The number of rotatable bonds is 5. The fraction of sp³-hybridized carbons (Fsp3) is 0.379. The van der Waals surface area contributed by atoms with Gasteiger partial charge in [0.1, 0.15) is 17.0 Å². The van der Waals surface area contributed by atoms with E-state index in [-0.39, 0.29) is 17.7 Å². The Kier molecular flexibility index (Phi) is 6.30. The summed E-state index contributed by atoms with van der Waals surface area (Å²) in [7, 11) is 0. The molecular weight excluding hydrogens is 469 g/mol. The quantitative estimate of drug-likeness (QED) is 0.293. The van der Waals surface area contributed by atoms with Crippen molar-refractivity contribution in [3.63, 3.8) is 0 Å². The van der Waals surface area contributed by atoms with Gasteiger partial charge in [0.15, 0.2) is 11.6 Å². The number of hydrogen-bond acceptors (Lipinski definition) is 5. The molecule has 37 heavy (non-hydrogen) atoms. The molecule has 1 aliphatic carbocycles. The molecule has 7 nitrogen and oxygen atoms in total. The minimum atomic E-state index is -0.367. The molecule has 8 heteroatoms. The Morgan fingerprint density at radius 1 is 1.11 bits per heavy atom. The zero-order valence-corrected chi connectivity index (χ0v) is 21.0. The molecule has 0 bridgehead atoms. The Labute approximate surface area is 215 Å². The molecule has 3 heterocycles. The minimum absolute atomic E-state index is 0.130. The van der Waals surface area contributed by atoms with E-state index in [1.807, 2.05) is 19.2 Å². The number of hydrogen-bond donors (Lipinski definition) is 4. The summed E-state index contributed by atoms with van der Waals surface area (Å²) in [5.74, 6) is 0.416. The van der Waals surface area contributed by atoms with Crippen LogP contribution in [0.1, 0.15) is 50.3 Å². The van der Waals surface area contributed by atoms with Crippen LogP contribution in [-0.4, -0.2) is 60.5 Å². The number of halogens is 1. The summed E-state index contributed by atoms with van der Waals surface area (Å²) >= 11 is 0. The van der Waals surface area contributed by atoms with Crippen molar-refractivity contribution in [1.29, 1.82) is 0 Å². The molecule has 0 saturated heterocycles. The van der Waals surface area contributed by atoms with Crippen molar-refractivity contribution in [1.82, 2.24) is 25.1 Å². The summed E-state index contributed by atoms with van der Waals surface area (Å²) in [5.41, 5.74) is 5.16. The maximum atomic E-state index is 15.6. The van der Waals surface area contributed by atoms with Crippen molar-refractivity contribution in [2.75, 3.05) is 13.1 Å². The molecule has 6 rings (SSSR count). The standard InChI is InChI=1S/C29H32FN5O2/c1-2-17-15-21(37)7-8-22(17)23-9-10-24-27(26(23)30)33-34-28(24)29-31-16-25(32-29)18-11-13-35(14-12-18)19-3-5-20(36)6-4-19/h7-11,15-16,19-20,36-37H,2-6,12-14H2,1H3,(H,31,32)(H,33,34). The minimum Gasteiger partial charge on any atom is -0.508 e. The Morgan fingerprint density at radius 3 is 2.68 bits per heavy atom. The Bertz CT molecular complexity index is 1460. The molecule has 0 spiro atoms. The fourth-order valence-electron chi connectivity index (χ4n) is 5.86. The summed E-state index contributed by atoms with van der Waals surface area (Å²) in [6, 6.07) is 9.22. The molecule has 2 aliphatic rings. The smallest absolute Gasteiger partial charge is 0.159 e. The van der Waals surface area contributed by atoms with E-state index in [1.165, 1.54) is 5.57 Å². The number of phenols is 1.